The molecular formula is C132H270O16. The summed E-state index contributed by atoms with van der Waals surface area (Å²) in [5.74, 6) is 13.8. The van der Waals surface area contributed by atoms with E-state index in [1.807, 2.05) is 152 Å². The lowest BCUT2D eigenvalue weighted by atomic mass is 9.42. The van der Waals surface area contributed by atoms with Crippen LogP contribution in [0.15, 0.2) is 0 Å². The Balaban J connectivity index is -0.000000205. The number of rotatable bonds is 29. The second-order valence-corrected chi connectivity index (χ2v) is 66.4. The van der Waals surface area contributed by atoms with Crippen molar-refractivity contribution in [2.75, 3.05) is 52.9 Å². The van der Waals surface area contributed by atoms with Crippen molar-refractivity contribution in [1.82, 2.24) is 0 Å². The second kappa shape index (κ2) is 68.5. The number of carbonyl (C=O) groups is 2. The number of aliphatic hydroxyl groups excluding tert-OH is 1. The molecule has 1 N–H and O–H groups in total. The molecule has 2 aliphatic carbocycles. The largest absolute Gasteiger partial charge is 0.458 e. The Bertz CT molecular complexity index is 3330. The molecule has 0 aromatic carbocycles. The summed E-state index contributed by atoms with van der Waals surface area (Å²) in [6, 6.07) is 0. The average molecular weight is 2110 g/mol. The van der Waals surface area contributed by atoms with Gasteiger partial charge in [0.15, 0.2) is 6.10 Å². The monoisotopic (exact) mass is 2110 g/mol. The van der Waals surface area contributed by atoms with Gasteiger partial charge in [0, 0.05) is 37.3 Å². The van der Waals surface area contributed by atoms with Crippen LogP contribution in [-0.2, 0) is 71.2 Å². The smallest absolute Gasteiger partial charge is 0.335 e. The Morgan fingerprint density at radius 2 is 0.595 bits per heavy atom. The molecule has 2 aliphatic rings. The second-order valence-electron chi connectivity index (χ2n) is 66.4. The third kappa shape index (κ3) is 138. The molecule has 148 heavy (non-hydrogen) atoms. The van der Waals surface area contributed by atoms with Crippen molar-refractivity contribution in [2.24, 2.45) is 77.3 Å². The highest BCUT2D eigenvalue weighted by Gasteiger charge is 2.57. The summed E-state index contributed by atoms with van der Waals surface area (Å²) in [6.45, 7) is 158. The van der Waals surface area contributed by atoms with Crippen LogP contribution >= 0.6 is 0 Å². The number of ether oxygens (including phenoxy) is 13. The number of aliphatic hydroxyl groups is 1. The summed E-state index contributed by atoms with van der Waals surface area (Å²) < 4.78 is 71.9. The van der Waals surface area contributed by atoms with E-state index in [1.54, 1.807) is 6.92 Å². The number of unbranched alkanes of at least 4 members (excludes halogenated alkanes) is 2. The molecule has 0 aromatic rings. The minimum atomic E-state index is -0.519. The normalized spacial score (nSPS) is 17.1. The van der Waals surface area contributed by atoms with Gasteiger partial charge >= 0.3 is 11.9 Å². The molecular weight excluding hydrogens is 1840 g/mol. The zero-order valence-corrected chi connectivity index (χ0v) is 114. The fourth-order valence-electron chi connectivity index (χ4n) is 13.3. The van der Waals surface area contributed by atoms with E-state index in [4.69, 9.17) is 61.6 Å². The maximum Gasteiger partial charge on any atom is 0.335 e. The van der Waals surface area contributed by atoms with Crippen molar-refractivity contribution < 1.29 is 76.3 Å². The summed E-state index contributed by atoms with van der Waals surface area (Å²) in [4.78, 5) is 22.6. The molecule has 0 bridgehead atoms. The minimum absolute atomic E-state index is 0.000106. The molecule has 16 heteroatoms. The van der Waals surface area contributed by atoms with E-state index < -0.39 is 17.3 Å². The molecule has 16 nitrogen and oxygen atoms in total. The zero-order valence-electron chi connectivity index (χ0n) is 114. The lowest BCUT2D eigenvalue weighted by Crippen LogP contribution is -2.53. The van der Waals surface area contributed by atoms with E-state index >= 15 is 0 Å². The van der Waals surface area contributed by atoms with Crippen LogP contribution in [0.2, 0.25) is 0 Å². The van der Waals surface area contributed by atoms with Crippen LogP contribution in [0.25, 0.3) is 0 Å². The summed E-state index contributed by atoms with van der Waals surface area (Å²) in [6.07, 6.45) is 18.5. The van der Waals surface area contributed by atoms with Gasteiger partial charge in [-0.15, -0.1) is 0 Å². The van der Waals surface area contributed by atoms with E-state index in [-0.39, 0.29) is 103 Å². The van der Waals surface area contributed by atoms with Crippen molar-refractivity contribution in [1.29, 1.82) is 0 Å². The van der Waals surface area contributed by atoms with Crippen LogP contribution < -0.4 is 0 Å². The Morgan fingerprint density at radius 1 is 0.291 bits per heavy atom. The highest BCUT2D eigenvalue weighted by molar-refractivity contribution is 5.74. The molecule has 0 aliphatic heterocycles. The average Bonchev–Trinajstić information content (AvgIpc) is 0.721. The Kier molecular flexibility index (Phi) is 75.5. The molecule has 0 heterocycles. The first-order valence-corrected chi connectivity index (χ1v) is 57.5. The molecule has 0 saturated heterocycles. The van der Waals surface area contributed by atoms with Crippen molar-refractivity contribution in [3.05, 3.63) is 0 Å². The number of carbonyl (C=O) groups excluding carboxylic acids is 2. The van der Waals surface area contributed by atoms with Crippen LogP contribution in [0, 0.1) is 101 Å². The SMILES string of the molecule is CC(C)(C)C#CC#CC(C)(C)C.CC(C)(C)C1CC2(C1)CC(C(C)(C)C)C2.CC(C)(C)CCC(C)(C)CCOC(C)(C)C.CC(C)(C)CCC(O)CCOC(C)(C)C.CC(C)(C)CCCCCOC(C)(C)C.CC(C)(C)CCOC(C)(C)C.CC(C)(C)OCC(=O)OC(C)(C)C.CC(C)(C)OCCOC(C)(C)C.CC(COC(C)(C)C)OC(C)(C)C.CC(OC(C)(C)C)C(=O)OC(C)(C)C.CC(OC(C)(C)C)C(C)C(C)(C)C. The maximum atomic E-state index is 11.5. The minimum Gasteiger partial charge on any atom is -0.458 e. The van der Waals surface area contributed by atoms with E-state index in [9.17, 15) is 14.7 Å². The van der Waals surface area contributed by atoms with Gasteiger partial charge < -0.3 is 66.7 Å². The highest BCUT2D eigenvalue weighted by atomic mass is 16.6. The van der Waals surface area contributed by atoms with E-state index in [2.05, 4.69) is 363 Å². The highest BCUT2D eigenvalue weighted by Crippen LogP contribution is 2.67. The Morgan fingerprint density at radius 3 is 0.878 bits per heavy atom. The van der Waals surface area contributed by atoms with E-state index in [0.29, 0.717) is 81.8 Å². The molecule has 5 unspecified atom stereocenters. The summed E-state index contributed by atoms with van der Waals surface area (Å²) >= 11 is 0. The molecule has 2 rings (SSSR count). The zero-order chi connectivity index (χ0) is 120. The van der Waals surface area contributed by atoms with Gasteiger partial charge in [-0.2, -0.15) is 0 Å². The lowest BCUT2D eigenvalue weighted by molar-refractivity contribution is -0.175. The standard InChI is InChI=1S/C15H32O.C15H28.C13H28O2.C13H28O.C12H26O.C12H18.C11H22O3.C11H24O2.C10H20O3.C10H22O2.C10H22O/c1-13(2,3)9-10-15(7,8)11-12-16-14(4,5)6;1-13(2,3)11-7-15(8-11)9-12(10-15)14(4,5)6;1-12(2,3)9-7-11(14)8-10-15-13(4,5)6;1-12(2,3)10-8-7-9-11-14-13(4,5)6;1-9(11(3,4)5)10(2)13-12(6,7)8;1-11(2,3)9-7-8-10-12(4,5)6;1-8(13-10(2,3)4)9(12)14-11(5,6)7;1-9(13-11(5,6)7)8-12-10(2,3)4;1-9(2,3)12-7-8(11)13-10(4,5)6;1-9(2,3)11-7-8-12-10(4,5)6;1-9(2,3)7-8-11-10(4,5)6/h9-12H2,1-8H3;11-12H,7-10H2,1-6H3;11,14H,7-10H2,1-6H3;7-11H2,1-6H3;9-10H,1-8H3;1-6H3;8H,1-7H3;9H,8H2,1-7H3;7H2,1-6H3;7-8H2,1-6H3;7-8H2,1-6H3. The van der Waals surface area contributed by atoms with Gasteiger partial charge in [-0.05, 0) is 494 Å². The Labute approximate surface area is 928 Å². The van der Waals surface area contributed by atoms with Crippen LogP contribution in [0.1, 0.15) is 595 Å². The molecule has 2 fully saturated rings. The van der Waals surface area contributed by atoms with Gasteiger partial charge in [-0.25, -0.2) is 9.59 Å². The fraction of sp³-hybridized carbons (Fsp3) is 0.955. The first-order chi connectivity index (χ1) is 64.2. The first-order valence-electron chi connectivity index (χ1n) is 57.5. The molecule has 2 saturated carbocycles. The first kappa shape index (κ1) is 163. The van der Waals surface area contributed by atoms with Crippen LogP contribution in [0.4, 0.5) is 0 Å². The topological polar surface area (TPSA) is 174 Å². The number of esters is 2. The van der Waals surface area contributed by atoms with Gasteiger partial charge in [0.1, 0.15) is 17.8 Å². The Hall–Kier alpha value is -2.42. The molecule has 0 radical (unpaired) electrons. The molecule has 5 atom stereocenters. The molecule has 894 valence electrons. The lowest BCUT2D eigenvalue weighted by Gasteiger charge is -2.63. The third-order valence-corrected chi connectivity index (χ3v) is 22.1. The van der Waals surface area contributed by atoms with Crippen LogP contribution in [0.5, 0.6) is 0 Å². The predicted octanol–water partition coefficient (Wildman–Crippen LogP) is 38.2. The van der Waals surface area contributed by atoms with Gasteiger partial charge in [0.25, 0.3) is 0 Å². The quantitative estimate of drug-likeness (QED) is 0.0425. The van der Waals surface area contributed by atoms with E-state index in [1.165, 1.54) is 64.2 Å². The van der Waals surface area contributed by atoms with Gasteiger partial charge in [-0.1, -0.05) is 191 Å². The van der Waals surface area contributed by atoms with Gasteiger partial charge in [0.2, 0.25) is 0 Å². The van der Waals surface area contributed by atoms with Crippen LogP contribution in [0.3, 0.4) is 0 Å². The van der Waals surface area contributed by atoms with Crippen LogP contribution in [-0.4, -0.2) is 167 Å². The summed E-state index contributed by atoms with van der Waals surface area (Å²) in [5, 5.41) is 9.73. The summed E-state index contributed by atoms with van der Waals surface area (Å²) in [7, 11) is 0. The number of hydrogen-bond acceptors (Lipinski definition) is 16. The van der Waals surface area contributed by atoms with Crippen molar-refractivity contribution >= 4 is 11.9 Å². The summed E-state index contributed by atoms with van der Waals surface area (Å²) in [5.41, 5.74) is 2.56. The molecule has 1 spiro atoms. The number of hydrogen-bond donors (Lipinski definition) is 1. The van der Waals surface area contributed by atoms with Gasteiger partial charge in [0.05, 0.1) is 99.7 Å². The predicted molar refractivity (Wildman–Crippen MR) is 646 cm³/mol. The molecule has 0 aromatic heterocycles. The fourth-order valence-corrected chi connectivity index (χ4v) is 13.3. The third-order valence-electron chi connectivity index (χ3n) is 22.1. The van der Waals surface area contributed by atoms with Gasteiger partial charge in [-0.3, -0.25) is 0 Å². The van der Waals surface area contributed by atoms with Crippen molar-refractivity contribution in [3.8, 4) is 23.7 Å². The van der Waals surface area contributed by atoms with E-state index in [0.717, 1.165) is 69.2 Å². The maximum absolute atomic E-state index is 11.5. The molecule has 0 amide bonds. The van der Waals surface area contributed by atoms with Crippen molar-refractivity contribution in [2.45, 2.75) is 692 Å². The van der Waals surface area contributed by atoms with Crippen molar-refractivity contribution in [3.63, 3.8) is 0 Å².